The maximum atomic E-state index is 13.3. The summed E-state index contributed by atoms with van der Waals surface area (Å²) < 4.78 is 11.3. The molecule has 1 spiro atoms. The van der Waals surface area contributed by atoms with Gasteiger partial charge in [-0.15, -0.1) is 0 Å². The highest BCUT2D eigenvalue weighted by molar-refractivity contribution is 6.07. The fraction of sp³-hybridized carbons (Fsp3) is 0.500. The van der Waals surface area contributed by atoms with Gasteiger partial charge in [-0.2, -0.15) is 0 Å². The van der Waals surface area contributed by atoms with E-state index < -0.39 is 0 Å². The Morgan fingerprint density at radius 3 is 2.84 bits per heavy atom. The zero-order chi connectivity index (χ0) is 16.9. The average Bonchev–Trinajstić information content (AvgIpc) is 3.43. The first-order chi connectivity index (χ1) is 12.3. The Kier molecular flexibility index (Phi) is 3.45. The van der Waals surface area contributed by atoms with Gasteiger partial charge in [0.15, 0.2) is 17.8 Å². The lowest BCUT2D eigenvalue weighted by Gasteiger charge is -2.24. The molecular weight excluding hydrogens is 316 g/mol. The summed E-state index contributed by atoms with van der Waals surface area (Å²) in [6.45, 7) is 1.47. The molecule has 5 nitrogen and oxygen atoms in total. The van der Waals surface area contributed by atoms with E-state index in [1.165, 1.54) is 24.8 Å². The lowest BCUT2D eigenvalue weighted by Crippen LogP contribution is -2.36. The van der Waals surface area contributed by atoms with Gasteiger partial charge in [0.1, 0.15) is 6.10 Å². The summed E-state index contributed by atoms with van der Waals surface area (Å²) in [5.74, 6) is 0.530. The highest BCUT2D eigenvalue weighted by Gasteiger charge is 2.47. The average molecular weight is 338 g/mol. The van der Waals surface area contributed by atoms with Gasteiger partial charge < -0.3 is 14.1 Å². The lowest BCUT2D eigenvalue weighted by molar-refractivity contribution is 0.0876. The van der Waals surface area contributed by atoms with Crippen LogP contribution in [0.5, 0.6) is 0 Å². The molecule has 2 aromatic rings. The molecule has 130 valence electrons. The molecule has 5 rings (SSSR count). The highest BCUT2D eigenvalue weighted by Crippen LogP contribution is 2.50. The number of hydrogen-bond donors (Lipinski definition) is 0. The van der Waals surface area contributed by atoms with Crippen LogP contribution in [-0.4, -0.2) is 24.0 Å². The van der Waals surface area contributed by atoms with Gasteiger partial charge in [-0.3, -0.25) is 4.79 Å². The van der Waals surface area contributed by atoms with Crippen molar-refractivity contribution >= 4 is 11.6 Å². The van der Waals surface area contributed by atoms with Gasteiger partial charge in [0.05, 0.1) is 0 Å². The van der Waals surface area contributed by atoms with Crippen molar-refractivity contribution < 1.29 is 13.9 Å². The number of rotatable bonds is 2. The van der Waals surface area contributed by atoms with Gasteiger partial charge in [-0.1, -0.05) is 31.0 Å². The van der Waals surface area contributed by atoms with Crippen LogP contribution < -0.4 is 4.90 Å². The van der Waals surface area contributed by atoms with Crippen LogP contribution in [0.2, 0.25) is 0 Å². The summed E-state index contributed by atoms with van der Waals surface area (Å²) >= 11 is 0. The third-order valence-electron chi connectivity index (χ3n) is 6.05. The van der Waals surface area contributed by atoms with E-state index in [2.05, 4.69) is 23.2 Å². The van der Waals surface area contributed by atoms with Crippen molar-refractivity contribution in [3.8, 4) is 0 Å². The smallest absolute Gasteiger partial charge is 0.280 e. The number of para-hydroxylation sites is 1. The van der Waals surface area contributed by atoms with Crippen LogP contribution in [0.25, 0.3) is 0 Å². The second-order valence-electron chi connectivity index (χ2n) is 7.46. The van der Waals surface area contributed by atoms with Crippen molar-refractivity contribution in [1.82, 2.24) is 4.98 Å². The first-order valence-corrected chi connectivity index (χ1v) is 9.25. The molecule has 3 aliphatic rings. The minimum absolute atomic E-state index is 0.0597. The Morgan fingerprint density at radius 2 is 2.04 bits per heavy atom. The summed E-state index contributed by atoms with van der Waals surface area (Å²) in [7, 11) is 0. The number of nitrogens with zero attached hydrogens (tertiary/aromatic N) is 2. The molecule has 1 amide bonds. The van der Waals surface area contributed by atoms with Crippen LogP contribution in [0.3, 0.4) is 0 Å². The summed E-state index contributed by atoms with van der Waals surface area (Å²) in [5.41, 5.74) is 2.90. The van der Waals surface area contributed by atoms with E-state index in [9.17, 15) is 4.79 Å². The van der Waals surface area contributed by atoms with Crippen LogP contribution in [0.4, 0.5) is 5.69 Å². The Balaban J connectivity index is 1.52. The van der Waals surface area contributed by atoms with E-state index in [0.717, 1.165) is 37.9 Å². The molecule has 2 fully saturated rings. The number of carbonyl (C=O) groups is 1. The SMILES string of the molecule is O=C(c1ncoc1[C@H]1CCCO1)N1CC2(CCCC2)c2ccccc21. The topological polar surface area (TPSA) is 55.6 Å². The number of amides is 1. The number of aromatic nitrogens is 1. The third kappa shape index (κ3) is 2.25. The van der Waals surface area contributed by atoms with Crippen molar-refractivity contribution in [3.05, 3.63) is 47.7 Å². The molecule has 1 atom stereocenters. The second kappa shape index (κ2) is 5.70. The zero-order valence-corrected chi connectivity index (χ0v) is 14.2. The van der Waals surface area contributed by atoms with Gasteiger partial charge in [0.2, 0.25) is 0 Å². The van der Waals surface area contributed by atoms with E-state index in [-0.39, 0.29) is 17.4 Å². The summed E-state index contributed by atoms with van der Waals surface area (Å²) in [5, 5.41) is 0. The first-order valence-electron chi connectivity index (χ1n) is 9.25. The monoisotopic (exact) mass is 338 g/mol. The molecule has 1 aromatic carbocycles. The van der Waals surface area contributed by atoms with Crippen molar-refractivity contribution in [1.29, 1.82) is 0 Å². The molecule has 2 aliphatic heterocycles. The molecular formula is C20H22N2O3. The van der Waals surface area contributed by atoms with Crippen molar-refractivity contribution in [2.75, 3.05) is 18.1 Å². The van der Waals surface area contributed by atoms with Crippen LogP contribution in [0.1, 0.15) is 66.4 Å². The van der Waals surface area contributed by atoms with Gasteiger partial charge in [-0.25, -0.2) is 4.98 Å². The lowest BCUT2D eigenvalue weighted by atomic mass is 9.81. The normalized spacial score (nSPS) is 24.2. The predicted octanol–water partition coefficient (Wildman–Crippen LogP) is 4.00. The number of anilines is 1. The Morgan fingerprint density at radius 1 is 1.20 bits per heavy atom. The molecule has 0 N–H and O–H groups in total. The maximum absolute atomic E-state index is 13.3. The van der Waals surface area contributed by atoms with E-state index in [4.69, 9.17) is 9.15 Å². The molecule has 25 heavy (non-hydrogen) atoms. The zero-order valence-electron chi connectivity index (χ0n) is 14.2. The number of oxazole rings is 1. The van der Waals surface area contributed by atoms with Gasteiger partial charge in [0, 0.05) is 24.3 Å². The third-order valence-corrected chi connectivity index (χ3v) is 6.05. The number of carbonyl (C=O) groups excluding carboxylic acids is 1. The predicted molar refractivity (Wildman–Crippen MR) is 92.7 cm³/mol. The summed E-state index contributed by atoms with van der Waals surface area (Å²) in [4.78, 5) is 19.5. The minimum Gasteiger partial charge on any atom is -0.445 e. The number of benzene rings is 1. The van der Waals surface area contributed by atoms with Crippen LogP contribution >= 0.6 is 0 Å². The number of ether oxygens (including phenoxy) is 1. The summed E-state index contributed by atoms with van der Waals surface area (Å²) in [6, 6.07) is 8.35. The quantitative estimate of drug-likeness (QED) is 0.830. The highest BCUT2D eigenvalue weighted by atomic mass is 16.5. The molecule has 3 heterocycles. The fourth-order valence-corrected chi connectivity index (χ4v) is 4.85. The molecule has 1 saturated carbocycles. The molecule has 1 aliphatic carbocycles. The second-order valence-corrected chi connectivity index (χ2v) is 7.46. The van der Waals surface area contributed by atoms with Crippen LogP contribution in [-0.2, 0) is 10.2 Å². The maximum Gasteiger partial charge on any atom is 0.280 e. The van der Waals surface area contributed by atoms with Crippen LogP contribution in [0, 0.1) is 0 Å². The van der Waals surface area contributed by atoms with Crippen molar-refractivity contribution in [3.63, 3.8) is 0 Å². The molecule has 1 saturated heterocycles. The standard InChI is InChI=1S/C20H22N2O3/c23-19(17-18(25-13-21-17)16-8-5-11-24-16)22-12-20(9-3-4-10-20)14-6-1-2-7-15(14)22/h1-2,6-7,13,16H,3-5,8-12H2/t16-/m1/s1. The largest absolute Gasteiger partial charge is 0.445 e. The molecule has 0 bridgehead atoms. The summed E-state index contributed by atoms with van der Waals surface area (Å²) in [6.07, 6.45) is 7.90. The van der Waals surface area contributed by atoms with Crippen LogP contribution in [0.15, 0.2) is 35.1 Å². The molecule has 1 aromatic heterocycles. The molecule has 5 heteroatoms. The van der Waals surface area contributed by atoms with E-state index >= 15 is 0 Å². The Labute approximate surface area is 147 Å². The first kappa shape index (κ1) is 15.1. The molecule has 0 unspecified atom stereocenters. The Hall–Kier alpha value is -2.14. The number of fused-ring (bicyclic) bond motifs is 2. The van der Waals surface area contributed by atoms with E-state index in [1.54, 1.807) is 0 Å². The van der Waals surface area contributed by atoms with Gasteiger partial charge in [0.25, 0.3) is 5.91 Å². The van der Waals surface area contributed by atoms with Crippen molar-refractivity contribution in [2.24, 2.45) is 0 Å². The number of hydrogen-bond acceptors (Lipinski definition) is 4. The fourth-order valence-electron chi connectivity index (χ4n) is 4.85. The molecule has 0 radical (unpaired) electrons. The van der Waals surface area contributed by atoms with Crippen molar-refractivity contribution in [2.45, 2.75) is 50.0 Å². The minimum atomic E-state index is -0.139. The van der Waals surface area contributed by atoms with Gasteiger partial charge >= 0.3 is 0 Å². The Bertz CT molecular complexity index is 801. The van der Waals surface area contributed by atoms with E-state index in [0.29, 0.717) is 18.1 Å². The van der Waals surface area contributed by atoms with Gasteiger partial charge in [-0.05, 0) is 37.3 Å². The van der Waals surface area contributed by atoms with E-state index in [1.807, 2.05) is 11.0 Å².